The highest BCUT2D eigenvalue weighted by molar-refractivity contribution is 6.09. The Labute approximate surface area is 319 Å². The molecule has 1 spiro atoms. The summed E-state index contributed by atoms with van der Waals surface area (Å²) in [5.41, 5.74) is 11.5. The number of anilines is 2. The van der Waals surface area contributed by atoms with Crippen LogP contribution in [0.1, 0.15) is 72.8 Å². The van der Waals surface area contributed by atoms with E-state index >= 15 is 0 Å². The number of hydrogen-bond donors (Lipinski definition) is 0. The zero-order valence-corrected chi connectivity index (χ0v) is 31.3. The summed E-state index contributed by atoms with van der Waals surface area (Å²) < 4.78 is 19.2. The minimum absolute atomic E-state index is 0.0317. The minimum atomic E-state index is -0.768. The fourth-order valence-electron chi connectivity index (χ4n) is 11.7. The van der Waals surface area contributed by atoms with Gasteiger partial charge in [0.15, 0.2) is 5.60 Å². The molecule has 54 heavy (non-hydrogen) atoms. The number of rotatable bonds is 4. The first-order chi connectivity index (χ1) is 26.8. The second-order valence-corrected chi connectivity index (χ2v) is 16.5. The van der Waals surface area contributed by atoms with Crippen LogP contribution in [0.4, 0.5) is 11.4 Å². The van der Waals surface area contributed by atoms with Gasteiger partial charge < -0.3 is 24.0 Å². The van der Waals surface area contributed by atoms with E-state index in [-0.39, 0.29) is 5.41 Å². The van der Waals surface area contributed by atoms with E-state index in [9.17, 15) is 0 Å². The largest absolute Gasteiger partial charge is 0.472 e. The van der Waals surface area contributed by atoms with Gasteiger partial charge in [0.1, 0.15) is 5.75 Å². The molecule has 5 aromatic rings. The van der Waals surface area contributed by atoms with Crippen molar-refractivity contribution in [2.75, 3.05) is 62.4 Å². The maximum Gasteiger partial charge on any atom is 0.178 e. The predicted octanol–water partition coefficient (Wildman–Crippen LogP) is 10.1. The van der Waals surface area contributed by atoms with Gasteiger partial charge in [-0.2, -0.15) is 0 Å². The normalized spacial score (nSPS) is 27.3. The Morgan fingerprint density at radius 3 is 1.87 bits per heavy atom. The molecule has 3 heterocycles. The fraction of sp³-hybridized carbons (Fsp3) is 0.388. The first-order valence-corrected chi connectivity index (χ1v) is 20.7. The van der Waals surface area contributed by atoms with Crippen molar-refractivity contribution >= 4 is 28.2 Å². The maximum atomic E-state index is 7.78. The molecule has 5 heteroatoms. The summed E-state index contributed by atoms with van der Waals surface area (Å²) >= 11 is 0. The maximum absolute atomic E-state index is 7.78. The SMILES string of the molecule is C1=CC(c2ccccc2)(c2ccc(N3CCOCC3)cc2)Oc2c1c1c(c3ccccc23)-c2ccc(N3CCOCC3)cc2C12C1CCCCC2CCC1. The fourth-order valence-corrected chi connectivity index (χ4v) is 11.7. The topological polar surface area (TPSA) is 34.2 Å². The van der Waals surface area contributed by atoms with Crippen molar-refractivity contribution in [2.45, 2.75) is 56.0 Å². The zero-order chi connectivity index (χ0) is 35.7. The molecule has 2 saturated carbocycles. The molecule has 0 amide bonds. The van der Waals surface area contributed by atoms with Crippen LogP contribution < -0.4 is 14.5 Å². The van der Waals surface area contributed by atoms with Gasteiger partial charge in [0.25, 0.3) is 0 Å². The Hall–Kier alpha value is -4.58. The summed E-state index contributed by atoms with van der Waals surface area (Å²) in [7, 11) is 0. The second-order valence-electron chi connectivity index (χ2n) is 16.5. The first-order valence-electron chi connectivity index (χ1n) is 20.7. The lowest BCUT2D eigenvalue weighted by atomic mass is 9.54. The van der Waals surface area contributed by atoms with E-state index in [0.29, 0.717) is 11.8 Å². The molecule has 3 aliphatic carbocycles. The van der Waals surface area contributed by atoms with Gasteiger partial charge >= 0.3 is 0 Å². The van der Waals surface area contributed by atoms with Gasteiger partial charge in [-0.25, -0.2) is 0 Å². The van der Waals surface area contributed by atoms with E-state index in [1.807, 2.05) is 0 Å². The second kappa shape index (κ2) is 13.0. The van der Waals surface area contributed by atoms with Crippen LogP contribution >= 0.6 is 0 Å². The van der Waals surface area contributed by atoms with Crippen LogP contribution in [-0.2, 0) is 20.5 Å². The quantitative estimate of drug-likeness (QED) is 0.185. The van der Waals surface area contributed by atoms with Crippen LogP contribution in [0.5, 0.6) is 5.75 Å². The molecule has 0 N–H and O–H groups in total. The number of ether oxygens (including phenoxy) is 3. The third-order valence-corrected chi connectivity index (χ3v) is 14.1. The van der Waals surface area contributed by atoms with Crippen molar-refractivity contribution in [1.29, 1.82) is 0 Å². The lowest BCUT2D eigenvalue weighted by molar-refractivity contribution is 0.122. The molecule has 5 aromatic carbocycles. The van der Waals surface area contributed by atoms with Gasteiger partial charge in [-0.3, -0.25) is 0 Å². The molecular weight excluding hydrogens is 665 g/mol. The van der Waals surface area contributed by atoms with Crippen LogP contribution in [0.25, 0.3) is 28.0 Å². The molecule has 5 nitrogen and oxygen atoms in total. The Morgan fingerprint density at radius 2 is 1.17 bits per heavy atom. The number of hydrogen-bond acceptors (Lipinski definition) is 5. The Bertz CT molecular complexity index is 2220. The summed E-state index contributed by atoms with van der Waals surface area (Å²) in [5, 5.41) is 2.53. The van der Waals surface area contributed by atoms with Gasteiger partial charge in [0, 0.05) is 65.0 Å². The molecular formula is C49H50N2O3. The standard InChI is InChI=1S/C49H50N2O3/c1-2-9-34(10-3-1)48(35-17-19-38(20-18-35)50-25-29-52-30-26-50)24-23-43-46-45(40-15-6-7-16-41(40)47(43)54-48)42-22-21-39(51-27-31-53-32-28-51)33-44(42)49(46)36-11-4-5-12-37(49)14-8-13-36/h1-3,6-7,9-10,15-24,33,36-37H,4-5,8,11-14,25-32H2. The van der Waals surface area contributed by atoms with Crippen molar-refractivity contribution in [1.82, 2.24) is 0 Å². The monoisotopic (exact) mass is 714 g/mol. The summed E-state index contributed by atoms with van der Waals surface area (Å²) in [6, 6.07) is 36.7. The smallest absolute Gasteiger partial charge is 0.178 e. The summed E-state index contributed by atoms with van der Waals surface area (Å²) in [4.78, 5) is 4.99. The van der Waals surface area contributed by atoms with E-state index in [1.54, 1.807) is 11.1 Å². The van der Waals surface area contributed by atoms with Gasteiger partial charge in [0.05, 0.1) is 26.4 Å². The number of nitrogens with zero attached hydrogens (tertiary/aromatic N) is 2. The Kier molecular flexibility index (Phi) is 7.92. The predicted molar refractivity (Wildman–Crippen MR) is 219 cm³/mol. The number of benzene rings is 5. The van der Waals surface area contributed by atoms with E-state index in [2.05, 4.69) is 119 Å². The minimum Gasteiger partial charge on any atom is -0.472 e. The highest BCUT2D eigenvalue weighted by Gasteiger charge is 2.57. The van der Waals surface area contributed by atoms with Crippen molar-refractivity contribution in [3.63, 3.8) is 0 Å². The van der Waals surface area contributed by atoms with Crippen molar-refractivity contribution in [2.24, 2.45) is 11.8 Å². The average Bonchev–Trinajstić information content (AvgIpc) is 3.51. The molecule has 0 aromatic heterocycles. The van der Waals surface area contributed by atoms with Crippen LogP contribution in [0.3, 0.4) is 0 Å². The van der Waals surface area contributed by atoms with Crippen LogP contribution in [0.2, 0.25) is 0 Å². The van der Waals surface area contributed by atoms with E-state index in [4.69, 9.17) is 14.2 Å². The molecule has 2 saturated heterocycles. The first kappa shape index (κ1) is 32.8. The molecule has 0 radical (unpaired) electrons. The molecule has 6 aliphatic rings. The van der Waals surface area contributed by atoms with Gasteiger partial charge in [-0.1, -0.05) is 98.1 Å². The molecule has 11 rings (SSSR count). The van der Waals surface area contributed by atoms with E-state index < -0.39 is 5.60 Å². The van der Waals surface area contributed by atoms with Crippen molar-refractivity contribution in [3.8, 4) is 16.9 Å². The molecule has 3 unspecified atom stereocenters. The van der Waals surface area contributed by atoms with Gasteiger partial charge in [-0.15, -0.1) is 0 Å². The Balaban J connectivity index is 1.15. The lowest BCUT2D eigenvalue weighted by Gasteiger charge is -2.49. The van der Waals surface area contributed by atoms with E-state index in [1.165, 1.54) is 83.8 Å². The Morgan fingerprint density at radius 1 is 0.574 bits per heavy atom. The highest BCUT2D eigenvalue weighted by Crippen LogP contribution is 2.67. The van der Waals surface area contributed by atoms with Crippen molar-refractivity contribution in [3.05, 3.63) is 131 Å². The highest BCUT2D eigenvalue weighted by atomic mass is 16.5. The van der Waals surface area contributed by atoms with Gasteiger partial charge in [0.2, 0.25) is 0 Å². The molecule has 274 valence electrons. The average molecular weight is 715 g/mol. The van der Waals surface area contributed by atoms with Crippen molar-refractivity contribution < 1.29 is 14.2 Å². The zero-order valence-electron chi connectivity index (χ0n) is 31.3. The number of fused-ring (bicyclic) bond motifs is 8. The van der Waals surface area contributed by atoms with Gasteiger partial charge in [-0.05, 0) is 95.5 Å². The third-order valence-electron chi connectivity index (χ3n) is 14.1. The third kappa shape index (κ3) is 4.83. The number of morpholine rings is 2. The summed E-state index contributed by atoms with van der Waals surface area (Å²) in [6.07, 6.45) is 14.1. The van der Waals surface area contributed by atoms with Crippen LogP contribution in [0.15, 0.2) is 103 Å². The molecule has 2 bridgehead atoms. The molecule has 3 atom stereocenters. The summed E-state index contributed by atoms with van der Waals surface area (Å²) in [5.74, 6) is 2.27. The molecule has 3 aliphatic heterocycles. The van der Waals surface area contributed by atoms with Crippen LogP contribution in [0, 0.1) is 11.8 Å². The summed E-state index contributed by atoms with van der Waals surface area (Å²) in [6.45, 7) is 6.90. The molecule has 4 fully saturated rings. The van der Waals surface area contributed by atoms with E-state index in [0.717, 1.165) is 69.5 Å². The lowest BCUT2D eigenvalue weighted by Crippen LogP contribution is -2.45. The van der Waals surface area contributed by atoms with Crippen LogP contribution in [-0.4, -0.2) is 52.6 Å².